The first-order valence-electron chi connectivity index (χ1n) is 12.9. The van der Waals surface area contributed by atoms with E-state index in [9.17, 15) is 0 Å². The Kier molecular flexibility index (Phi) is 6.74. The molecule has 8 heteroatoms. The van der Waals surface area contributed by atoms with Gasteiger partial charge >= 0.3 is 0 Å². The van der Waals surface area contributed by atoms with Crippen molar-refractivity contribution in [2.75, 3.05) is 17.7 Å². The van der Waals surface area contributed by atoms with Crippen LogP contribution in [0.25, 0.3) is 22.9 Å². The van der Waals surface area contributed by atoms with Gasteiger partial charge in [-0.05, 0) is 69.0 Å². The highest BCUT2D eigenvalue weighted by Crippen LogP contribution is 2.37. The maximum absolute atomic E-state index is 6.20. The molecular weight excluding hydrogens is 462 g/mol. The van der Waals surface area contributed by atoms with Gasteiger partial charge in [-0.1, -0.05) is 19.4 Å². The van der Waals surface area contributed by atoms with Crippen LogP contribution in [0.1, 0.15) is 45.1 Å². The minimum Gasteiger partial charge on any atom is -0.457 e. The van der Waals surface area contributed by atoms with Crippen molar-refractivity contribution in [3.05, 3.63) is 65.1 Å². The van der Waals surface area contributed by atoms with Crippen molar-refractivity contribution >= 4 is 34.6 Å². The summed E-state index contributed by atoms with van der Waals surface area (Å²) in [5, 5.41) is 12.2. The van der Waals surface area contributed by atoms with E-state index < -0.39 is 0 Å². The van der Waals surface area contributed by atoms with Gasteiger partial charge in [-0.2, -0.15) is 0 Å². The first kappa shape index (κ1) is 24.6. The van der Waals surface area contributed by atoms with Crippen LogP contribution in [-0.4, -0.2) is 32.1 Å². The highest BCUT2D eigenvalue weighted by atomic mass is 16.5. The van der Waals surface area contributed by atoms with Crippen LogP contribution in [0, 0.1) is 6.92 Å². The van der Waals surface area contributed by atoms with E-state index in [-0.39, 0.29) is 5.54 Å². The third-order valence-corrected chi connectivity index (χ3v) is 6.74. The van der Waals surface area contributed by atoms with Crippen LogP contribution < -0.4 is 31.3 Å². The molecule has 1 aliphatic carbocycles. The van der Waals surface area contributed by atoms with Gasteiger partial charge in [0.25, 0.3) is 0 Å². The largest absolute Gasteiger partial charge is 0.457 e. The Bertz CT molecular complexity index is 1550. The molecule has 192 valence electrons. The smallest absolute Gasteiger partial charge is 0.223 e. The number of nitrogens with zero attached hydrogens (tertiary/aromatic N) is 4. The van der Waals surface area contributed by atoms with Gasteiger partial charge in [0.1, 0.15) is 22.7 Å². The van der Waals surface area contributed by atoms with Crippen LogP contribution in [0.4, 0.5) is 11.6 Å². The molecule has 0 saturated heterocycles. The summed E-state index contributed by atoms with van der Waals surface area (Å²) < 4.78 is 8.19. The molecule has 1 aliphatic rings. The molecule has 5 rings (SSSR count). The average Bonchev–Trinajstić information content (AvgIpc) is 3.51. The standard InChI is InChI=1S/C29H35N7O/c1-6-7-8-20-17-31-28(35-29(3)13-14-29)34-26(20)27(30-4)33-21-9-12-25(19(2)15-21)37-22-10-11-24-23(16-22)32-18-36(24)5/h8-12,15-18,30,33H,6-7,13-14H2,1-5H3,(H,34,35)/b20-8+,27-26-. The Morgan fingerprint density at radius 1 is 1.16 bits per heavy atom. The normalized spacial score (nSPS) is 15.4. The van der Waals surface area contributed by atoms with Gasteiger partial charge in [-0.25, -0.2) is 15.0 Å². The molecule has 1 fully saturated rings. The number of hydrogen-bond acceptors (Lipinski definition) is 7. The molecule has 8 nitrogen and oxygen atoms in total. The van der Waals surface area contributed by atoms with E-state index in [4.69, 9.17) is 9.72 Å². The third kappa shape index (κ3) is 5.53. The number of aryl methyl sites for hydroxylation is 2. The summed E-state index contributed by atoms with van der Waals surface area (Å²) in [4.78, 5) is 13.9. The molecule has 0 unspecified atom stereocenters. The van der Waals surface area contributed by atoms with E-state index in [1.807, 2.05) is 68.4 Å². The second-order valence-electron chi connectivity index (χ2n) is 10.0. The second-order valence-corrected chi connectivity index (χ2v) is 10.0. The lowest BCUT2D eigenvalue weighted by atomic mass is 10.2. The first-order valence-corrected chi connectivity index (χ1v) is 12.9. The molecule has 0 atom stereocenters. The van der Waals surface area contributed by atoms with Crippen molar-refractivity contribution in [3.63, 3.8) is 0 Å². The van der Waals surface area contributed by atoms with E-state index in [0.717, 1.165) is 75.9 Å². The zero-order valence-corrected chi connectivity index (χ0v) is 22.2. The van der Waals surface area contributed by atoms with Crippen LogP contribution in [0.3, 0.4) is 0 Å². The van der Waals surface area contributed by atoms with Crippen LogP contribution in [0.15, 0.2) is 48.9 Å². The van der Waals surface area contributed by atoms with Crippen molar-refractivity contribution < 1.29 is 4.74 Å². The number of aromatic nitrogens is 4. The van der Waals surface area contributed by atoms with E-state index in [0.29, 0.717) is 5.95 Å². The molecule has 37 heavy (non-hydrogen) atoms. The predicted molar refractivity (Wildman–Crippen MR) is 150 cm³/mol. The highest BCUT2D eigenvalue weighted by molar-refractivity contribution is 5.77. The molecule has 3 N–H and O–H groups in total. The molecule has 2 aromatic heterocycles. The number of benzene rings is 2. The Morgan fingerprint density at radius 3 is 2.73 bits per heavy atom. The SMILES string of the molecule is CCC/C=c1\cnc(NC2(C)CC2)n\c1=C(\NC)Nc1ccc(Oc2ccc3c(c2)ncn3C)c(C)c1. The minimum atomic E-state index is 0.104. The summed E-state index contributed by atoms with van der Waals surface area (Å²) in [6, 6.07) is 12.0. The van der Waals surface area contributed by atoms with E-state index in [2.05, 4.69) is 51.9 Å². The van der Waals surface area contributed by atoms with Crippen molar-refractivity contribution in [3.8, 4) is 11.5 Å². The van der Waals surface area contributed by atoms with Crippen LogP contribution in [-0.2, 0) is 7.05 Å². The summed E-state index contributed by atoms with van der Waals surface area (Å²) in [5.41, 5.74) is 4.05. The third-order valence-electron chi connectivity index (χ3n) is 6.74. The van der Waals surface area contributed by atoms with Crippen molar-refractivity contribution in [2.45, 2.75) is 52.0 Å². The van der Waals surface area contributed by atoms with Gasteiger partial charge in [0.05, 0.1) is 17.4 Å². The monoisotopic (exact) mass is 497 g/mol. The topological polar surface area (TPSA) is 88.9 Å². The van der Waals surface area contributed by atoms with Crippen LogP contribution in [0.2, 0.25) is 0 Å². The fourth-order valence-corrected chi connectivity index (χ4v) is 4.22. The summed E-state index contributed by atoms with van der Waals surface area (Å²) in [6.07, 6.45) is 10.2. The van der Waals surface area contributed by atoms with Crippen molar-refractivity contribution in [2.24, 2.45) is 7.05 Å². The number of ether oxygens (including phenoxy) is 1. The second kappa shape index (κ2) is 10.1. The summed E-state index contributed by atoms with van der Waals surface area (Å²) >= 11 is 0. The van der Waals surface area contributed by atoms with Crippen LogP contribution >= 0.6 is 0 Å². The predicted octanol–water partition coefficient (Wildman–Crippen LogP) is 4.41. The summed E-state index contributed by atoms with van der Waals surface area (Å²) in [5.74, 6) is 3.04. The molecule has 0 aliphatic heterocycles. The van der Waals surface area contributed by atoms with Gasteiger partial charge in [0.15, 0.2) is 0 Å². The van der Waals surface area contributed by atoms with Gasteiger partial charge in [0.2, 0.25) is 5.95 Å². The molecule has 2 heterocycles. The van der Waals surface area contributed by atoms with E-state index >= 15 is 0 Å². The number of fused-ring (bicyclic) bond motifs is 1. The van der Waals surface area contributed by atoms with Crippen molar-refractivity contribution in [1.82, 2.24) is 24.8 Å². The number of nitrogens with one attached hydrogen (secondary N) is 3. The molecule has 0 amide bonds. The molecule has 4 aromatic rings. The lowest BCUT2D eigenvalue weighted by Gasteiger charge is -2.15. The quantitative estimate of drug-likeness (QED) is 0.316. The average molecular weight is 498 g/mol. The van der Waals surface area contributed by atoms with E-state index in [1.165, 1.54) is 0 Å². The Morgan fingerprint density at radius 2 is 2.00 bits per heavy atom. The number of unbranched alkanes of at least 4 members (excludes halogenated alkanes) is 1. The first-order chi connectivity index (χ1) is 17.9. The Hall–Kier alpha value is -4.07. The maximum atomic E-state index is 6.20. The number of anilines is 2. The molecule has 1 saturated carbocycles. The summed E-state index contributed by atoms with van der Waals surface area (Å²) in [6.45, 7) is 6.42. The fourth-order valence-electron chi connectivity index (χ4n) is 4.22. The van der Waals surface area contributed by atoms with Gasteiger partial charge < -0.3 is 25.3 Å². The molecular formula is C29H35N7O. The molecule has 0 radical (unpaired) electrons. The van der Waals surface area contributed by atoms with Crippen LogP contribution in [0.5, 0.6) is 11.5 Å². The fraction of sp³-hybridized carbons (Fsp3) is 0.345. The van der Waals surface area contributed by atoms with Crippen molar-refractivity contribution in [1.29, 1.82) is 0 Å². The van der Waals surface area contributed by atoms with E-state index in [1.54, 1.807) is 0 Å². The lowest BCUT2D eigenvalue weighted by molar-refractivity contribution is 0.479. The highest BCUT2D eigenvalue weighted by Gasteiger charge is 2.37. The molecule has 2 aromatic carbocycles. The zero-order valence-electron chi connectivity index (χ0n) is 22.2. The lowest BCUT2D eigenvalue weighted by Crippen LogP contribution is -2.38. The zero-order chi connectivity index (χ0) is 26.0. The Balaban J connectivity index is 1.43. The number of rotatable bonds is 9. The van der Waals surface area contributed by atoms with Gasteiger partial charge in [-0.3, -0.25) is 0 Å². The maximum Gasteiger partial charge on any atom is 0.223 e. The molecule has 0 spiro atoms. The molecule has 0 bridgehead atoms. The van der Waals surface area contributed by atoms with Gasteiger partial charge in [0, 0.05) is 42.8 Å². The number of hydrogen-bond donors (Lipinski definition) is 3. The summed E-state index contributed by atoms with van der Waals surface area (Å²) in [7, 11) is 3.89. The number of imidazole rings is 1. The Labute approximate surface area is 217 Å². The van der Waals surface area contributed by atoms with Gasteiger partial charge in [-0.15, -0.1) is 0 Å². The minimum absolute atomic E-state index is 0.104.